The number of nitrogens with zero attached hydrogens (tertiary/aromatic N) is 1. The minimum Gasteiger partial charge on any atom is -0.273 e. The number of nitro benzene ring substituents is 1. The van der Waals surface area contributed by atoms with Crippen LogP contribution in [-0.2, 0) is 16.4 Å². The molecule has 6 nitrogen and oxygen atoms in total. The maximum Gasteiger partial charge on any atom is 0.294 e. The fraction of sp³-hybridized carbons (Fsp3) is 0.200. The summed E-state index contributed by atoms with van der Waals surface area (Å²) in [5.74, 6) is 0. The number of aryl methyl sites for hydroxylation is 2. The van der Waals surface area contributed by atoms with Crippen molar-refractivity contribution in [2.24, 2.45) is 0 Å². The van der Waals surface area contributed by atoms with Gasteiger partial charge in [0, 0.05) is 11.1 Å². The Morgan fingerprint density at radius 2 is 1.91 bits per heavy atom. The maximum absolute atomic E-state index is 12.6. The van der Waals surface area contributed by atoms with Gasteiger partial charge in [-0.05, 0) is 42.7 Å². The lowest BCUT2D eigenvalue weighted by atomic mass is 10.1. The van der Waals surface area contributed by atoms with E-state index in [0.29, 0.717) is 12.0 Å². The van der Waals surface area contributed by atoms with Gasteiger partial charge in [0.05, 0.1) is 9.82 Å². The van der Waals surface area contributed by atoms with Crippen LogP contribution in [0.25, 0.3) is 0 Å². The van der Waals surface area contributed by atoms with E-state index in [0.717, 1.165) is 11.6 Å². The molecule has 2 aromatic rings. The summed E-state index contributed by atoms with van der Waals surface area (Å²) in [6.07, 6.45) is 0.527. The number of nitrogens with one attached hydrogen (secondary N) is 1. The van der Waals surface area contributed by atoms with Gasteiger partial charge in [0.25, 0.3) is 15.7 Å². The van der Waals surface area contributed by atoms with Crippen molar-refractivity contribution in [1.82, 2.24) is 0 Å². The topological polar surface area (TPSA) is 89.3 Å². The largest absolute Gasteiger partial charge is 0.294 e. The average molecular weight is 355 g/mol. The van der Waals surface area contributed by atoms with E-state index in [1.807, 2.05) is 13.0 Å². The van der Waals surface area contributed by atoms with Gasteiger partial charge in [0.2, 0.25) is 0 Å². The van der Waals surface area contributed by atoms with Gasteiger partial charge >= 0.3 is 0 Å². The molecule has 2 aromatic carbocycles. The van der Waals surface area contributed by atoms with Crippen molar-refractivity contribution in [2.75, 3.05) is 4.72 Å². The summed E-state index contributed by atoms with van der Waals surface area (Å²) < 4.78 is 27.5. The van der Waals surface area contributed by atoms with Crippen molar-refractivity contribution in [3.8, 4) is 0 Å². The number of hydrogen-bond acceptors (Lipinski definition) is 4. The molecule has 0 saturated heterocycles. The van der Waals surface area contributed by atoms with Crippen molar-refractivity contribution >= 4 is 33.0 Å². The Morgan fingerprint density at radius 3 is 2.52 bits per heavy atom. The van der Waals surface area contributed by atoms with Gasteiger partial charge in [0.15, 0.2) is 0 Å². The van der Waals surface area contributed by atoms with E-state index in [-0.39, 0.29) is 15.6 Å². The molecule has 2 rings (SSSR count). The second-order valence-corrected chi connectivity index (χ2v) is 7.08. The van der Waals surface area contributed by atoms with Crippen LogP contribution in [-0.4, -0.2) is 13.3 Å². The molecular weight excluding hydrogens is 340 g/mol. The van der Waals surface area contributed by atoms with E-state index in [1.54, 1.807) is 19.1 Å². The predicted molar refractivity (Wildman–Crippen MR) is 89.5 cm³/mol. The fourth-order valence-corrected chi connectivity index (χ4v) is 3.78. The standard InChI is InChI=1S/C15H15ClN2O4S/c1-3-11-5-4-10(2)8-15(11)23(21,22)17-13-7-6-12(16)9-14(13)18(19)20/h4-9,17H,3H2,1-2H3. The second kappa shape index (κ2) is 6.55. The number of benzene rings is 2. The first-order chi connectivity index (χ1) is 10.7. The smallest absolute Gasteiger partial charge is 0.273 e. The Kier molecular flexibility index (Phi) is 4.91. The molecule has 0 heterocycles. The van der Waals surface area contributed by atoms with Gasteiger partial charge in [-0.3, -0.25) is 14.8 Å². The Hall–Kier alpha value is -2.12. The van der Waals surface area contributed by atoms with Crippen LogP contribution in [0.5, 0.6) is 0 Å². The molecule has 8 heteroatoms. The Balaban J connectivity index is 2.52. The van der Waals surface area contributed by atoms with E-state index in [9.17, 15) is 18.5 Å². The summed E-state index contributed by atoms with van der Waals surface area (Å²) in [6, 6.07) is 8.88. The summed E-state index contributed by atoms with van der Waals surface area (Å²) >= 11 is 5.74. The molecule has 23 heavy (non-hydrogen) atoms. The van der Waals surface area contributed by atoms with Crippen LogP contribution in [0.15, 0.2) is 41.3 Å². The molecule has 0 aliphatic rings. The lowest BCUT2D eigenvalue weighted by Gasteiger charge is -2.12. The van der Waals surface area contributed by atoms with Crippen molar-refractivity contribution in [2.45, 2.75) is 25.2 Å². The number of rotatable bonds is 5. The SMILES string of the molecule is CCc1ccc(C)cc1S(=O)(=O)Nc1ccc(Cl)cc1[N+](=O)[O-]. The van der Waals surface area contributed by atoms with E-state index < -0.39 is 20.6 Å². The molecule has 0 aliphatic carbocycles. The van der Waals surface area contributed by atoms with E-state index in [2.05, 4.69) is 4.72 Å². The van der Waals surface area contributed by atoms with Gasteiger partial charge < -0.3 is 0 Å². The Bertz CT molecular complexity index is 866. The molecule has 0 unspecified atom stereocenters. The summed E-state index contributed by atoms with van der Waals surface area (Å²) in [5.41, 5.74) is 0.905. The highest BCUT2D eigenvalue weighted by Gasteiger charge is 2.23. The van der Waals surface area contributed by atoms with Crippen LogP contribution < -0.4 is 4.72 Å². The Labute approximate surface area is 139 Å². The molecule has 0 spiro atoms. The van der Waals surface area contributed by atoms with E-state index >= 15 is 0 Å². The number of anilines is 1. The summed E-state index contributed by atoms with van der Waals surface area (Å²) in [4.78, 5) is 10.5. The summed E-state index contributed by atoms with van der Waals surface area (Å²) in [7, 11) is -3.94. The zero-order valence-electron chi connectivity index (χ0n) is 12.5. The lowest BCUT2D eigenvalue weighted by Crippen LogP contribution is -2.16. The highest BCUT2D eigenvalue weighted by Crippen LogP contribution is 2.30. The van der Waals surface area contributed by atoms with Gasteiger partial charge in [-0.1, -0.05) is 30.7 Å². The first-order valence-corrected chi connectivity index (χ1v) is 8.67. The summed E-state index contributed by atoms with van der Waals surface area (Å²) in [5, 5.41) is 11.2. The average Bonchev–Trinajstić information content (AvgIpc) is 2.48. The number of sulfonamides is 1. The summed E-state index contributed by atoms with van der Waals surface area (Å²) in [6.45, 7) is 3.62. The monoisotopic (exact) mass is 354 g/mol. The highest BCUT2D eigenvalue weighted by atomic mass is 35.5. The molecule has 0 radical (unpaired) electrons. The third-order valence-electron chi connectivity index (χ3n) is 3.29. The van der Waals surface area contributed by atoms with Crippen LogP contribution in [0.1, 0.15) is 18.1 Å². The number of halogens is 1. The van der Waals surface area contributed by atoms with Crippen LogP contribution in [0.3, 0.4) is 0 Å². The molecule has 122 valence electrons. The van der Waals surface area contributed by atoms with Gasteiger partial charge in [-0.25, -0.2) is 8.42 Å². The van der Waals surface area contributed by atoms with Crippen LogP contribution in [0.4, 0.5) is 11.4 Å². The molecule has 0 atom stereocenters. The van der Waals surface area contributed by atoms with Crippen molar-refractivity contribution in [3.63, 3.8) is 0 Å². The van der Waals surface area contributed by atoms with Crippen molar-refractivity contribution in [3.05, 3.63) is 62.7 Å². The van der Waals surface area contributed by atoms with Gasteiger partial charge in [-0.15, -0.1) is 0 Å². The molecule has 0 fully saturated rings. The number of nitro groups is 1. The molecule has 0 amide bonds. The Morgan fingerprint density at radius 1 is 1.22 bits per heavy atom. The molecular formula is C15H15ClN2O4S. The predicted octanol–water partition coefficient (Wildman–Crippen LogP) is 3.92. The first-order valence-electron chi connectivity index (χ1n) is 6.81. The molecule has 0 aromatic heterocycles. The van der Waals surface area contributed by atoms with Crippen LogP contribution in [0, 0.1) is 17.0 Å². The van der Waals surface area contributed by atoms with E-state index in [4.69, 9.17) is 11.6 Å². The fourth-order valence-electron chi connectivity index (χ4n) is 2.15. The zero-order chi connectivity index (χ0) is 17.2. The molecule has 0 saturated carbocycles. The van der Waals surface area contributed by atoms with Crippen LogP contribution >= 0.6 is 11.6 Å². The van der Waals surface area contributed by atoms with Crippen molar-refractivity contribution < 1.29 is 13.3 Å². The quantitative estimate of drug-likeness (QED) is 0.651. The number of hydrogen-bond donors (Lipinski definition) is 1. The lowest BCUT2D eigenvalue weighted by molar-refractivity contribution is -0.383. The highest BCUT2D eigenvalue weighted by molar-refractivity contribution is 7.92. The maximum atomic E-state index is 12.6. The van der Waals surface area contributed by atoms with E-state index in [1.165, 1.54) is 12.1 Å². The molecule has 0 bridgehead atoms. The van der Waals surface area contributed by atoms with Crippen molar-refractivity contribution in [1.29, 1.82) is 0 Å². The first kappa shape index (κ1) is 17.2. The van der Waals surface area contributed by atoms with Gasteiger partial charge in [0.1, 0.15) is 5.69 Å². The molecule has 0 aliphatic heterocycles. The third-order valence-corrected chi connectivity index (χ3v) is 4.98. The minimum atomic E-state index is -3.94. The van der Waals surface area contributed by atoms with Crippen LogP contribution in [0.2, 0.25) is 5.02 Å². The van der Waals surface area contributed by atoms with Gasteiger partial charge in [-0.2, -0.15) is 0 Å². The normalized spacial score (nSPS) is 11.3. The minimum absolute atomic E-state index is 0.115. The second-order valence-electron chi connectivity index (χ2n) is 4.99. The zero-order valence-corrected chi connectivity index (χ0v) is 14.1. The third kappa shape index (κ3) is 3.80. The molecule has 1 N–H and O–H groups in total.